The Bertz CT molecular complexity index is 618. The van der Waals surface area contributed by atoms with Gasteiger partial charge in [0.05, 0.1) is 12.3 Å². The molecule has 0 bridgehead atoms. The van der Waals surface area contributed by atoms with Crippen molar-refractivity contribution < 1.29 is 4.74 Å². The van der Waals surface area contributed by atoms with Crippen LogP contribution in [0.5, 0.6) is 0 Å². The number of ether oxygens (including phenoxy) is 1. The van der Waals surface area contributed by atoms with Gasteiger partial charge in [0.1, 0.15) is 5.15 Å². The number of hydrogen-bond acceptors (Lipinski definition) is 4. The van der Waals surface area contributed by atoms with Gasteiger partial charge in [-0.05, 0) is 23.6 Å². The highest BCUT2D eigenvalue weighted by molar-refractivity contribution is 6.29. The van der Waals surface area contributed by atoms with Crippen molar-refractivity contribution in [3.8, 4) is 0 Å². The highest BCUT2D eigenvalue weighted by Crippen LogP contribution is 2.23. The minimum absolute atomic E-state index is 0.444. The lowest BCUT2D eigenvalue weighted by Gasteiger charge is -2.29. The van der Waals surface area contributed by atoms with Crippen LogP contribution in [0.25, 0.3) is 0 Å². The summed E-state index contributed by atoms with van der Waals surface area (Å²) in [6.45, 7) is 2.17. The lowest BCUT2D eigenvalue weighted by Crippen LogP contribution is -2.32. The molecule has 3 rings (SSSR count). The van der Waals surface area contributed by atoms with Crippen LogP contribution in [0.3, 0.4) is 0 Å². The smallest absolute Gasteiger partial charge is 0.227 e. The summed E-state index contributed by atoms with van der Waals surface area (Å²) in [4.78, 5) is 11.0. The van der Waals surface area contributed by atoms with Crippen LogP contribution in [0.15, 0.2) is 30.3 Å². The van der Waals surface area contributed by atoms with Crippen LogP contribution in [-0.2, 0) is 24.3 Å². The van der Waals surface area contributed by atoms with E-state index in [-0.39, 0.29) is 0 Å². The Morgan fingerprint density at radius 1 is 1.25 bits per heavy atom. The summed E-state index contributed by atoms with van der Waals surface area (Å²) >= 11 is 6.07. The normalized spacial score (nSPS) is 14.2. The number of benzene rings is 1. The van der Waals surface area contributed by atoms with Crippen LogP contribution in [0.4, 0.5) is 5.95 Å². The third kappa shape index (κ3) is 2.76. The minimum atomic E-state index is 0.444. The van der Waals surface area contributed by atoms with Crippen LogP contribution in [-0.4, -0.2) is 23.6 Å². The molecule has 2 heterocycles. The summed E-state index contributed by atoms with van der Waals surface area (Å²) in [6, 6.07) is 10.2. The van der Waals surface area contributed by atoms with Crippen LogP contribution >= 0.6 is 11.6 Å². The Hall–Kier alpha value is -1.65. The third-order valence-electron chi connectivity index (χ3n) is 3.44. The van der Waals surface area contributed by atoms with Gasteiger partial charge in [-0.3, -0.25) is 0 Å². The number of hydrogen-bond donors (Lipinski definition) is 0. The molecule has 0 amide bonds. The van der Waals surface area contributed by atoms with E-state index < -0.39 is 0 Å². The van der Waals surface area contributed by atoms with E-state index in [4.69, 9.17) is 16.3 Å². The standard InChI is InChI=1S/C15H16ClN3O/c1-20-10-13-8-14(16)18-15(17-13)19-7-6-11-4-2-3-5-12(11)9-19/h2-5,8H,6-7,9-10H2,1H3. The van der Waals surface area contributed by atoms with E-state index in [0.717, 1.165) is 25.2 Å². The number of anilines is 1. The summed E-state index contributed by atoms with van der Waals surface area (Å²) in [5, 5.41) is 0.459. The fourth-order valence-electron chi connectivity index (χ4n) is 2.48. The summed E-state index contributed by atoms with van der Waals surface area (Å²) in [7, 11) is 1.65. The van der Waals surface area contributed by atoms with Crippen LogP contribution in [0.1, 0.15) is 16.8 Å². The lowest BCUT2D eigenvalue weighted by atomic mass is 10.0. The van der Waals surface area contributed by atoms with Gasteiger partial charge < -0.3 is 9.64 Å². The molecule has 0 saturated carbocycles. The molecule has 104 valence electrons. The molecule has 0 atom stereocenters. The van der Waals surface area contributed by atoms with Crippen molar-refractivity contribution in [2.75, 3.05) is 18.6 Å². The molecule has 1 aliphatic rings. The molecule has 20 heavy (non-hydrogen) atoms. The molecular formula is C15H16ClN3O. The second-order valence-electron chi connectivity index (χ2n) is 4.86. The maximum absolute atomic E-state index is 6.07. The molecule has 0 aliphatic carbocycles. The summed E-state index contributed by atoms with van der Waals surface area (Å²) < 4.78 is 5.11. The molecule has 4 nitrogen and oxygen atoms in total. The van der Waals surface area contributed by atoms with Gasteiger partial charge in [0.25, 0.3) is 0 Å². The van der Waals surface area contributed by atoms with E-state index in [9.17, 15) is 0 Å². The predicted molar refractivity (Wildman–Crippen MR) is 79.0 cm³/mol. The molecule has 1 aromatic heterocycles. The first kappa shape index (κ1) is 13.3. The highest BCUT2D eigenvalue weighted by atomic mass is 35.5. The van der Waals surface area contributed by atoms with Crippen LogP contribution in [0, 0.1) is 0 Å². The minimum Gasteiger partial charge on any atom is -0.378 e. The van der Waals surface area contributed by atoms with E-state index in [2.05, 4.69) is 39.1 Å². The van der Waals surface area contributed by atoms with Crippen molar-refractivity contribution in [2.24, 2.45) is 0 Å². The quantitative estimate of drug-likeness (QED) is 0.815. The van der Waals surface area contributed by atoms with Crippen molar-refractivity contribution in [1.29, 1.82) is 0 Å². The fourth-order valence-corrected chi connectivity index (χ4v) is 2.68. The number of nitrogens with zero attached hydrogens (tertiary/aromatic N) is 3. The second kappa shape index (κ2) is 5.77. The fraction of sp³-hybridized carbons (Fsp3) is 0.333. The topological polar surface area (TPSA) is 38.2 Å². The average Bonchev–Trinajstić information content (AvgIpc) is 2.46. The molecule has 1 aliphatic heterocycles. The Labute approximate surface area is 123 Å². The number of rotatable bonds is 3. The monoisotopic (exact) mass is 289 g/mol. The largest absolute Gasteiger partial charge is 0.378 e. The van der Waals surface area contributed by atoms with Crippen molar-refractivity contribution >= 4 is 17.5 Å². The van der Waals surface area contributed by atoms with Crippen molar-refractivity contribution in [3.05, 3.63) is 52.3 Å². The first-order valence-electron chi connectivity index (χ1n) is 6.60. The SMILES string of the molecule is COCc1cc(Cl)nc(N2CCc3ccccc3C2)n1. The van der Waals surface area contributed by atoms with E-state index >= 15 is 0 Å². The molecule has 0 saturated heterocycles. The third-order valence-corrected chi connectivity index (χ3v) is 3.64. The van der Waals surface area contributed by atoms with E-state index in [1.54, 1.807) is 13.2 Å². The van der Waals surface area contributed by atoms with Gasteiger partial charge in [-0.1, -0.05) is 35.9 Å². The molecule has 2 aromatic rings. The van der Waals surface area contributed by atoms with E-state index in [1.165, 1.54) is 11.1 Å². The molecule has 1 aromatic carbocycles. The molecular weight excluding hydrogens is 274 g/mol. The molecule has 0 spiro atoms. The molecule has 0 fully saturated rings. The molecule has 5 heteroatoms. The first-order valence-corrected chi connectivity index (χ1v) is 6.98. The van der Waals surface area contributed by atoms with Gasteiger partial charge in [-0.2, -0.15) is 0 Å². The Balaban J connectivity index is 1.87. The van der Waals surface area contributed by atoms with Gasteiger partial charge >= 0.3 is 0 Å². The zero-order valence-corrected chi connectivity index (χ0v) is 12.1. The molecule has 0 unspecified atom stereocenters. The summed E-state index contributed by atoms with van der Waals surface area (Å²) in [6.07, 6.45) is 1.01. The summed E-state index contributed by atoms with van der Waals surface area (Å²) in [5.74, 6) is 0.680. The van der Waals surface area contributed by atoms with Crippen molar-refractivity contribution in [3.63, 3.8) is 0 Å². The average molecular weight is 290 g/mol. The van der Waals surface area contributed by atoms with Crippen molar-refractivity contribution in [1.82, 2.24) is 9.97 Å². The van der Waals surface area contributed by atoms with Crippen LogP contribution in [0.2, 0.25) is 5.15 Å². The number of halogens is 1. The van der Waals surface area contributed by atoms with Gasteiger partial charge in [0, 0.05) is 20.2 Å². The highest BCUT2D eigenvalue weighted by Gasteiger charge is 2.18. The molecule has 0 N–H and O–H groups in total. The van der Waals surface area contributed by atoms with Gasteiger partial charge in [-0.25, -0.2) is 9.97 Å². The molecule has 0 radical (unpaired) electrons. The Morgan fingerprint density at radius 2 is 2.05 bits per heavy atom. The maximum Gasteiger partial charge on any atom is 0.227 e. The second-order valence-corrected chi connectivity index (χ2v) is 5.24. The Kier molecular flexibility index (Phi) is 3.85. The predicted octanol–water partition coefficient (Wildman–Crippen LogP) is 2.84. The number of methoxy groups -OCH3 is 1. The maximum atomic E-state index is 6.07. The zero-order valence-electron chi connectivity index (χ0n) is 11.3. The number of fused-ring (bicyclic) bond motifs is 1. The first-order chi connectivity index (χ1) is 9.76. The van der Waals surface area contributed by atoms with E-state index in [0.29, 0.717) is 17.7 Å². The van der Waals surface area contributed by atoms with E-state index in [1.807, 2.05) is 0 Å². The van der Waals surface area contributed by atoms with Crippen LogP contribution < -0.4 is 4.90 Å². The van der Waals surface area contributed by atoms with Gasteiger partial charge in [0.15, 0.2) is 0 Å². The lowest BCUT2D eigenvalue weighted by molar-refractivity contribution is 0.181. The number of aromatic nitrogens is 2. The van der Waals surface area contributed by atoms with Gasteiger partial charge in [0.2, 0.25) is 5.95 Å². The summed E-state index contributed by atoms with van der Waals surface area (Å²) in [5.41, 5.74) is 3.54. The van der Waals surface area contributed by atoms with Crippen molar-refractivity contribution in [2.45, 2.75) is 19.6 Å². The van der Waals surface area contributed by atoms with Gasteiger partial charge in [-0.15, -0.1) is 0 Å². The Morgan fingerprint density at radius 3 is 2.85 bits per heavy atom. The zero-order chi connectivity index (χ0) is 13.9.